The van der Waals surface area contributed by atoms with Gasteiger partial charge in [-0.25, -0.2) is 13.2 Å². The Labute approximate surface area is 143 Å². The molecule has 7 nitrogen and oxygen atoms in total. The molecule has 1 fully saturated rings. The molecule has 0 atom stereocenters. The summed E-state index contributed by atoms with van der Waals surface area (Å²) < 4.78 is 37.5. The Morgan fingerprint density at radius 1 is 1.12 bits per heavy atom. The summed E-state index contributed by atoms with van der Waals surface area (Å²) in [5.41, 5.74) is 1.44. The lowest BCUT2D eigenvalue weighted by molar-refractivity contribution is 0.108. The highest BCUT2D eigenvalue weighted by atomic mass is 32.2. The maximum Gasteiger partial charge on any atom is 0.409 e. The van der Waals surface area contributed by atoms with Gasteiger partial charge in [-0.3, -0.25) is 0 Å². The average molecular weight is 356 g/mol. The molecule has 0 unspecified atom stereocenters. The smallest absolute Gasteiger partial charge is 0.409 e. The Bertz CT molecular complexity index is 709. The van der Waals surface area contributed by atoms with E-state index >= 15 is 0 Å². The van der Waals surface area contributed by atoms with E-state index in [4.69, 9.17) is 4.74 Å². The van der Waals surface area contributed by atoms with Crippen molar-refractivity contribution in [2.45, 2.75) is 25.7 Å². The minimum atomic E-state index is -3.60. The first kappa shape index (κ1) is 18.5. The summed E-state index contributed by atoms with van der Waals surface area (Å²) >= 11 is 0. The van der Waals surface area contributed by atoms with Gasteiger partial charge in [-0.15, -0.1) is 0 Å². The zero-order valence-corrected chi connectivity index (χ0v) is 15.4. The predicted octanol–water partition coefficient (Wildman–Crippen LogP) is 1.77. The molecule has 8 heteroatoms. The van der Waals surface area contributed by atoms with Crippen molar-refractivity contribution in [3.63, 3.8) is 0 Å². The number of nitrogens with zero attached hydrogens (tertiary/aromatic N) is 2. The lowest BCUT2D eigenvalue weighted by Crippen LogP contribution is -2.50. The number of carbonyl (C=O) groups is 1. The topological polar surface area (TPSA) is 76.2 Å². The van der Waals surface area contributed by atoms with E-state index in [1.165, 1.54) is 16.3 Å². The second-order valence-electron chi connectivity index (χ2n) is 5.68. The van der Waals surface area contributed by atoms with E-state index in [1.807, 2.05) is 13.8 Å². The molecule has 24 heavy (non-hydrogen) atoms. The quantitative estimate of drug-likeness (QED) is 0.822. The van der Waals surface area contributed by atoms with Crippen LogP contribution in [0.2, 0.25) is 0 Å². The van der Waals surface area contributed by atoms with Crippen LogP contribution in [0.15, 0.2) is 17.0 Å². The minimum absolute atomic E-state index is 0.253. The molecule has 0 aromatic heterocycles. The molecule has 1 amide bonds. The number of carbonyl (C=O) groups excluding carboxylic acids is 1. The summed E-state index contributed by atoms with van der Waals surface area (Å²) in [6, 6.07) is 3.42. The number of ether oxygens (including phenoxy) is 2. The number of benzene rings is 1. The minimum Gasteiger partial charge on any atom is -0.494 e. The van der Waals surface area contributed by atoms with Crippen LogP contribution in [-0.2, 0) is 14.8 Å². The second-order valence-corrected chi connectivity index (χ2v) is 7.58. The number of amides is 1. The van der Waals surface area contributed by atoms with Crippen LogP contribution in [0.4, 0.5) is 4.79 Å². The highest BCUT2D eigenvalue weighted by molar-refractivity contribution is 7.89. The fraction of sp³-hybridized carbons (Fsp3) is 0.562. The first-order valence-corrected chi connectivity index (χ1v) is 9.32. The molecule has 0 N–H and O–H groups in total. The van der Waals surface area contributed by atoms with Crippen LogP contribution in [0.3, 0.4) is 0 Å². The highest BCUT2D eigenvalue weighted by Gasteiger charge is 2.31. The molecule has 1 aromatic carbocycles. The summed E-state index contributed by atoms with van der Waals surface area (Å²) in [5, 5.41) is 0. The van der Waals surface area contributed by atoms with E-state index in [-0.39, 0.29) is 18.0 Å². The van der Waals surface area contributed by atoms with Crippen LogP contribution in [0, 0.1) is 13.8 Å². The van der Waals surface area contributed by atoms with Gasteiger partial charge in [0.05, 0.1) is 18.6 Å². The Kier molecular flexibility index (Phi) is 5.71. The van der Waals surface area contributed by atoms with Crippen molar-refractivity contribution in [2.24, 2.45) is 0 Å². The van der Waals surface area contributed by atoms with Crippen LogP contribution in [0.5, 0.6) is 5.75 Å². The number of sulfonamides is 1. The molecule has 1 aromatic rings. The number of hydrogen-bond donors (Lipinski definition) is 0. The molecule has 2 rings (SSSR count). The van der Waals surface area contributed by atoms with Gasteiger partial charge < -0.3 is 14.4 Å². The van der Waals surface area contributed by atoms with Crippen molar-refractivity contribution in [1.29, 1.82) is 0 Å². The number of rotatable bonds is 4. The normalized spacial score (nSPS) is 16.1. The van der Waals surface area contributed by atoms with Gasteiger partial charge in [0.15, 0.2) is 0 Å². The molecule has 0 saturated carbocycles. The number of piperazine rings is 1. The van der Waals surface area contributed by atoms with E-state index in [1.54, 1.807) is 19.1 Å². The van der Waals surface area contributed by atoms with E-state index in [0.29, 0.717) is 31.0 Å². The molecular weight excluding hydrogens is 332 g/mol. The Balaban J connectivity index is 2.22. The molecule has 0 spiro atoms. The lowest BCUT2D eigenvalue weighted by atomic mass is 10.1. The van der Waals surface area contributed by atoms with E-state index in [0.717, 1.165) is 5.56 Å². The third kappa shape index (κ3) is 3.64. The van der Waals surface area contributed by atoms with Crippen LogP contribution in [-0.4, -0.2) is 63.6 Å². The zero-order valence-electron chi connectivity index (χ0n) is 14.5. The number of aryl methyl sites for hydroxylation is 2. The standard InChI is InChI=1S/C16H24N2O5S/c1-5-23-14-10-13(3)15(11-12(14)2)24(20,21)18-8-6-17(7-9-18)16(19)22-4/h10-11H,5-9H2,1-4H3. The van der Waals surface area contributed by atoms with E-state index in [2.05, 4.69) is 4.74 Å². The fourth-order valence-electron chi connectivity index (χ4n) is 2.73. The summed E-state index contributed by atoms with van der Waals surface area (Å²) in [7, 11) is -2.29. The molecule has 0 aliphatic carbocycles. The summed E-state index contributed by atoms with van der Waals surface area (Å²) in [6.45, 7) is 7.16. The molecule has 0 radical (unpaired) electrons. The molecular formula is C16H24N2O5S. The number of methoxy groups -OCH3 is 1. The van der Waals surface area contributed by atoms with Crippen molar-refractivity contribution in [3.8, 4) is 5.75 Å². The van der Waals surface area contributed by atoms with Crippen molar-refractivity contribution in [3.05, 3.63) is 23.3 Å². The average Bonchev–Trinajstić information content (AvgIpc) is 2.57. The third-order valence-corrected chi connectivity index (χ3v) is 6.10. The molecule has 1 saturated heterocycles. The van der Waals surface area contributed by atoms with Gasteiger partial charge in [0.1, 0.15) is 5.75 Å². The largest absolute Gasteiger partial charge is 0.494 e. The van der Waals surface area contributed by atoms with Crippen molar-refractivity contribution >= 4 is 16.1 Å². The van der Waals surface area contributed by atoms with Gasteiger partial charge in [0.25, 0.3) is 0 Å². The van der Waals surface area contributed by atoms with Crippen LogP contribution >= 0.6 is 0 Å². The Hall–Kier alpha value is -1.80. The van der Waals surface area contributed by atoms with Crippen molar-refractivity contribution in [1.82, 2.24) is 9.21 Å². The summed E-state index contributed by atoms with van der Waals surface area (Å²) in [4.78, 5) is 13.3. The molecule has 1 aliphatic rings. The first-order chi connectivity index (χ1) is 11.3. The summed E-state index contributed by atoms with van der Waals surface area (Å²) in [6.07, 6.45) is -0.430. The van der Waals surface area contributed by atoms with E-state index in [9.17, 15) is 13.2 Å². The monoisotopic (exact) mass is 356 g/mol. The molecule has 1 aliphatic heterocycles. The van der Waals surface area contributed by atoms with Gasteiger partial charge in [-0.2, -0.15) is 4.31 Å². The molecule has 134 valence electrons. The van der Waals surface area contributed by atoms with Crippen LogP contribution in [0.1, 0.15) is 18.1 Å². The Morgan fingerprint density at radius 2 is 1.75 bits per heavy atom. The second kappa shape index (κ2) is 7.40. The van der Waals surface area contributed by atoms with Crippen molar-refractivity contribution < 1.29 is 22.7 Å². The maximum atomic E-state index is 12.9. The van der Waals surface area contributed by atoms with E-state index < -0.39 is 16.1 Å². The third-order valence-electron chi connectivity index (χ3n) is 4.06. The SMILES string of the molecule is CCOc1cc(C)c(S(=O)(=O)N2CCN(C(=O)OC)CC2)cc1C. The zero-order chi connectivity index (χ0) is 17.9. The fourth-order valence-corrected chi connectivity index (χ4v) is 4.45. The lowest BCUT2D eigenvalue weighted by Gasteiger charge is -2.33. The van der Waals surface area contributed by atoms with Gasteiger partial charge in [-0.05, 0) is 44.0 Å². The van der Waals surface area contributed by atoms with Gasteiger partial charge in [-0.1, -0.05) is 0 Å². The van der Waals surface area contributed by atoms with Crippen LogP contribution in [0.25, 0.3) is 0 Å². The molecule has 0 bridgehead atoms. The van der Waals surface area contributed by atoms with Gasteiger partial charge >= 0.3 is 6.09 Å². The van der Waals surface area contributed by atoms with Crippen molar-refractivity contribution in [2.75, 3.05) is 39.9 Å². The number of hydrogen-bond acceptors (Lipinski definition) is 5. The molecule has 1 heterocycles. The maximum absolute atomic E-state index is 12.9. The van der Waals surface area contributed by atoms with Gasteiger partial charge in [0.2, 0.25) is 10.0 Å². The first-order valence-electron chi connectivity index (χ1n) is 7.88. The Morgan fingerprint density at radius 3 is 2.29 bits per heavy atom. The predicted molar refractivity (Wildman–Crippen MR) is 89.8 cm³/mol. The van der Waals surface area contributed by atoms with Crippen LogP contribution < -0.4 is 4.74 Å². The highest BCUT2D eigenvalue weighted by Crippen LogP contribution is 2.28. The van der Waals surface area contributed by atoms with Gasteiger partial charge in [0, 0.05) is 26.2 Å². The summed E-state index contributed by atoms with van der Waals surface area (Å²) in [5.74, 6) is 0.699.